The SMILES string of the molecule is COc1ccc(CNCCCc2c[nH]c3ccccc23)cc1O. The van der Waals surface area contributed by atoms with Gasteiger partial charge in [0.1, 0.15) is 0 Å². The number of hydrogen-bond acceptors (Lipinski definition) is 3. The normalized spacial score (nSPS) is 11.0. The minimum atomic E-state index is 0.186. The molecule has 23 heavy (non-hydrogen) atoms. The minimum absolute atomic E-state index is 0.186. The molecule has 0 radical (unpaired) electrons. The van der Waals surface area contributed by atoms with Crippen LogP contribution in [-0.2, 0) is 13.0 Å². The molecule has 0 saturated carbocycles. The van der Waals surface area contributed by atoms with Crippen molar-refractivity contribution in [2.45, 2.75) is 19.4 Å². The topological polar surface area (TPSA) is 57.3 Å². The maximum Gasteiger partial charge on any atom is 0.160 e. The first-order valence-electron chi connectivity index (χ1n) is 7.89. The summed E-state index contributed by atoms with van der Waals surface area (Å²) in [6, 6.07) is 13.9. The monoisotopic (exact) mass is 310 g/mol. The summed E-state index contributed by atoms with van der Waals surface area (Å²) in [6.07, 6.45) is 4.22. The fourth-order valence-electron chi connectivity index (χ4n) is 2.82. The Bertz CT molecular complexity index is 780. The molecule has 0 aliphatic rings. The first kappa shape index (κ1) is 15.4. The number of phenolic OH excluding ortho intramolecular Hbond substituents is 1. The first-order chi connectivity index (χ1) is 11.3. The Labute approximate surface area is 136 Å². The molecule has 1 heterocycles. The highest BCUT2D eigenvalue weighted by Crippen LogP contribution is 2.26. The Kier molecular flexibility index (Phi) is 4.83. The van der Waals surface area contributed by atoms with Gasteiger partial charge in [-0.1, -0.05) is 24.3 Å². The number of aromatic amines is 1. The number of aromatic nitrogens is 1. The Morgan fingerprint density at radius 2 is 2.04 bits per heavy atom. The van der Waals surface area contributed by atoms with Crippen LogP contribution in [-0.4, -0.2) is 23.7 Å². The van der Waals surface area contributed by atoms with E-state index in [0.29, 0.717) is 5.75 Å². The highest BCUT2D eigenvalue weighted by Gasteiger charge is 2.04. The number of aromatic hydroxyl groups is 1. The van der Waals surface area contributed by atoms with Gasteiger partial charge in [-0.25, -0.2) is 0 Å². The maximum atomic E-state index is 9.76. The molecule has 0 aliphatic carbocycles. The summed E-state index contributed by atoms with van der Waals surface area (Å²) < 4.78 is 5.05. The number of rotatable bonds is 7. The minimum Gasteiger partial charge on any atom is -0.504 e. The number of benzene rings is 2. The predicted octanol–water partition coefficient (Wildman–Crippen LogP) is 3.60. The standard InChI is InChI=1S/C19H22N2O2/c1-23-19-9-8-14(11-18(19)22)12-20-10-4-5-15-13-21-17-7-3-2-6-16(15)17/h2-3,6-9,11,13,20-22H,4-5,10,12H2,1H3. The lowest BCUT2D eigenvalue weighted by molar-refractivity contribution is 0.373. The van der Waals surface area contributed by atoms with Crippen LogP contribution < -0.4 is 10.1 Å². The third-order valence-electron chi connectivity index (χ3n) is 4.05. The lowest BCUT2D eigenvalue weighted by Gasteiger charge is -2.07. The molecule has 3 N–H and O–H groups in total. The molecule has 3 rings (SSSR count). The van der Waals surface area contributed by atoms with Crippen LogP contribution in [0.25, 0.3) is 10.9 Å². The number of H-pyrrole nitrogens is 1. The summed E-state index contributed by atoms with van der Waals surface area (Å²) in [6.45, 7) is 1.68. The second-order valence-electron chi connectivity index (χ2n) is 5.65. The fourth-order valence-corrected chi connectivity index (χ4v) is 2.82. The predicted molar refractivity (Wildman–Crippen MR) is 93.0 cm³/mol. The van der Waals surface area contributed by atoms with E-state index in [-0.39, 0.29) is 5.75 Å². The van der Waals surface area contributed by atoms with Crippen molar-refractivity contribution in [2.75, 3.05) is 13.7 Å². The second kappa shape index (κ2) is 7.20. The Balaban J connectivity index is 1.46. The molecule has 0 fully saturated rings. The van der Waals surface area contributed by atoms with Gasteiger partial charge >= 0.3 is 0 Å². The van der Waals surface area contributed by atoms with Gasteiger partial charge < -0.3 is 20.1 Å². The lowest BCUT2D eigenvalue weighted by Crippen LogP contribution is -2.15. The number of hydrogen-bond donors (Lipinski definition) is 3. The zero-order chi connectivity index (χ0) is 16.1. The van der Waals surface area contributed by atoms with E-state index in [0.717, 1.165) is 31.5 Å². The number of nitrogens with one attached hydrogen (secondary N) is 2. The van der Waals surface area contributed by atoms with Gasteiger partial charge in [0.15, 0.2) is 11.5 Å². The smallest absolute Gasteiger partial charge is 0.160 e. The van der Waals surface area contributed by atoms with Crippen LogP contribution in [0.2, 0.25) is 0 Å². The van der Waals surface area contributed by atoms with Gasteiger partial charge in [0.25, 0.3) is 0 Å². The third kappa shape index (κ3) is 3.66. The maximum absolute atomic E-state index is 9.76. The molecule has 0 aliphatic heterocycles. The number of aryl methyl sites for hydroxylation is 1. The Morgan fingerprint density at radius 1 is 1.17 bits per heavy atom. The van der Waals surface area contributed by atoms with Crippen molar-refractivity contribution in [1.82, 2.24) is 10.3 Å². The van der Waals surface area contributed by atoms with Gasteiger partial charge in [0.05, 0.1) is 7.11 Å². The van der Waals surface area contributed by atoms with Crippen LogP contribution in [0.3, 0.4) is 0 Å². The number of para-hydroxylation sites is 1. The van der Waals surface area contributed by atoms with E-state index in [1.807, 2.05) is 6.07 Å². The van der Waals surface area contributed by atoms with Crippen molar-refractivity contribution in [2.24, 2.45) is 0 Å². The summed E-state index contributed by atoms with van der Waals surface area (Å²) in [5.41, 5.74) is 3.61. The number of ether oxygens (including phenoxy) is 1. The van der Waals surface area contributed by atoms with Crippen LogP contribution in [0.15, 0.2) is 48.7 Å². The molecular formula is C19H22N2O2. The summed E-state index contributed by atoms with van der Waals surface area (Å²) in [5.74, 6) is 0.693. The molecule has 120 valence electrons. The molecule has 4 heteroatoms. The van der Waals surface area contributed by atoms with Crippen molar-refractivity contribution in [3.63, 3.8) is 0 Å². The van der Waals surface area contributed by atoms with Gasteiger partial charge in [0, 0.05) is 23.6 Å². The zero-order valence-electron chi connectivity index (χ0n) is 13.3. The molecule has 0 amide bonds. The molecule has 0 unspecified atom stereocenters. The zero-order valence-corrected chi connectivity index (χ0v) is 13.3. The van der Waals surface area contributed by atoms with E-state index in [9.17, 15) is 5.11 Å². The average molecular weight is 310 g/mol. The summed E-state index contributed by atoms with van der Waals surface area (Å²) >= 11 is 0. The van der Waals surface area contributed by atoms with Gasteiger partial charge in [0.2, 0.25) is 0 Å². The van der Waals surface area contributed by atoms with Crippen LogP contribution in [0.4, 0.5) is 0 Å². The second-order valence-corrected chi connectivity index (χ2v) is 5.65. The molecule has 4 nitrogen and oxygen atoms in total. The van der Waals surface area contributed by atoms with E-state index >= 15 is 0 Å². The van der Waals surface area contributed by atoms with Crippen molar-refractivity contribution in [3.8, 4) is 11.5 Å². The van der Waals surface area contributed by atoms with Crippen LogP contribution in [0, 0.1) is 0 Å². The molecule has 0 spiro atoms. The summed E-state index contributed by atoms with van der Waals surface area (Å²) in [5, 5.41) is 14.5. The molecular weight excluding hydrogens is 288 g/mol. The van der Waals surface area contributed by atoms with E-state index in [1.165, 1.54) is 16.5 Å². The van der Waals surface area contributed by atoms with Crippen molar-refractivity contribution in [3.05, 3.63) is 59.8 Å². The van der Waals surface area contributed by atoms with Crippen LogP contribution in [0.5, 0.6) is 11.5 Å². The van der Waals surface area contributed by atoms with Gasteiger partial charge in [-0.15, -0.1) is 0 Å². The highest BCUT2D eigenvalue weighted by molar-refractivity contribution is 5.82. The van der Waals surface area contributed by atoms with Gasteiger partial charge in [-0.2, -0.15) is 0 Å². The van der Waals surface area contributed by atoms with E-state index < -0.39 is 0 Å². The van der Waals surface area contributed by atoms with Crippen molar-refractivity contribution in [1.29, 1.82) is 0 Å². The van der Waals surface area contributed by atoms with Gasteiger partial charge in [-0.05, 0) is 48.7 Å². The first-order valence-corrected chi connectivity index (χ1v) is 7.89. The number of methoxy groups -OCH3 is 1. The molecule has 1 aromatic heterocycles. The largest absolute Gasteiger partial charge is 0.504 e. The Morgan fingerprint density at radius 3 is 2.87 bits per heavy atom. The van der Waals surface area contributed by atoms with E-state index in [4.69, 9.17) is 4.74 Å². The molecule has 0 saturated heterocycles. The number of phenols is 1. The molecule has 0 bridgehead atoms. The molecule has 3 aromatic rings. The number of fused-ring (bicyclic) bond motifs is 1. The van der Waals surface area contributed by atoms with Crippen molar-refractivity contribution < 1.29 is 9.84 Å². The van der Waals surface area contributed by atoms with E-state index in [1.54, 1.807) is 19.2 Å². The highest BCUT2D eigenvalue weighted by atomic mass is 16.5. The Hall–Kier alpha value is -2.46. The lowest BCUT2D eigenvalue weighted by atomic mass is 10.1. The fraction of sp³-hybridized carbons (Fsp3) is 0.263. The quantitative estimate of drug-likeness (QED) is 0.584. The van der Waals surface area contributed by atoms with Crippen LogP contribution in [0.1, 0.15) is 17.5 Å². The third-order valence-corrected chi connectivity index (χ3v) is 4.05. The summed E-state index contributed by atoms with van der Waals surface area (Å²) in [4.78, 5) is 3.31. The van der Waals surface area contributed by atoms with Gasteiger partial charge in [-0.3, -0.25) is 0 Å². The van der Waals surface area contributed by atoms with E-state index in [2.05, 4.69) is 40.8 Å². The van der Waals surface area contributed by atoms with Crippen molar-refractivity contribution >= 4 is 10.9 Å². The summed E-state index contributed by atoms with van der Waals surface area (Å²) in [7, 11) is 1.55. The molecule has 0 atom stereocenters. The average Bonchev–Trinajstić information content (AvgIpc) is 2.98. The van der Waals surface area contributed by atoms with Crippen LogP contribution >= 0.6 is 0 Å². The molecule has 2 aromatic carbocycles.